The Kier molecular flexibility index (Phi) is 4.62. The molecule has 0 saturated heterocycles. The van der Waals surface area contributed by atoms with Crippen molar-refractivity contribution in [1.29, 1.82) is 0 Å². The number of pyridine rings is 1. The molecule has 0 aliphatic carbocycles. The third kappa shape index (κ3) is 3.60. The van der Waals surface area contributed by atoms with E-state index in [1.165, 1.54) is 22.3 Å². The normalized spacial score (nSPS) is 12.0. The summed E-state index contributed by atoms with van der Waals surface area (Å²) < 4.78 is 0. The van der Waals surface area contributed by atoms with Crippen molar-refractivity contribution in [2.45, 2.75) is 19.5 Å². The minimum atomic E-state index is 0.189. The summed E-state index contributed by atoms with van der Waals surface area (Å²) in [6, 6.07) is 23.5. The average molecular weight is 288 g/mol. The van der Waals surface area contributed by atoms with Gasteiger partial charge in [0.1, 0.15) is 0 Å². The standard InChI is InChI=1S/C20H20N2/c1-16-6-5-9-19(14-16)20(18-7-3-2-4-8-18)22-15-17-10-12-21-13-11-17/h2-14,20,22H,15H2,1H3. The summed E-state index contributed by atoms with van der Waals surface area (Å²) in [5.74, 6) is 0. The van der Waals surface area contributed by atoms with E-state index in [9.17, 15) is 0 Å². The van der Waals surface area contributed by atoms with E-state index in [4.69, 9.17) is 0 Å². The number of aryl methyl sites for hydroxylation is 1. The Morgan fingerprint density at radius 2 is 1.59 bits per heavy atom. The van der Waals surface area contributed by atoms with Gasteiger partial charge in [0.15, 0.2) is 0 Å². The molecule has 0 radical (unpaired) electrons. The quantitative estimate of drug-likeness (QED) is 0.758. The minimum absolute atomic E-state index is 0.189. The first kappa shape index (κ1) is 14.5. The van der Waals surface area contributed by atoms with E-state index in [2.05, 4.69) is 71.8 Å². The van der Waals surface area contributed by atoms with Crippen LogP contribution in [0.2, 0.25) is 0 Å². The lowest BCUT2D eigenvalue weighted by Gasteiger charge is -2.20. The molecule has 2 aromatic carbocycles. The van der Waals surface area contributed by atoms with Gasteiger partial charge in [-0.3, -0.25) is 4.98 Å². The number of nitrogens with zero attached hydrogens (tertiary/aromatic N) is 1. The predicted molar refractivity (Wildman–Crippen MR) is 90.5 cm³/mol. The van der Waals surface area contributed by atoms with E-state index in [0.29, 0.717) is 0 Å². The second-order valence-electron chi connectivity index (χ2n) is 5.49. The van der Waals surface area contributed by atoms with Crippen LogP contribution in [0.4, 0.5) is 0 Å². The Bertz CT molecular complexity index is 708. The molecule has 110 valence electrons. The second kappa shape index (κ2) is 7.01. The Morgan fingerprint density at radius 1 is 0.864 bits per heavy atom. The first-order chi connectivity index (χ1) is 10.8. The Hall–Kier alpha value is -2.45. The molecule has 1 heterocycles. The largest absolute Gasteiger partial charge is 0.302 e. The van der Waals surface area contributed by atoms with Crippen LogP contribution in [0.1, 0.15) is 28.3 Å². The van der Waals surface area contributed by atoms with Crippen LogP contribution in [0.15, 0.2) is 79.1 Å². The van der Waals surface area contributed by atoms with E-state index < -0.39 is 0 Å². The molecule has 1 atom stereocenters. The zero-order chi connectivity index (χ0) is 15.2. The van der Waals surface area contributed by atoms with Gasteiger partial charge in [-0.05, 0) is 35.7 Å². The van der Waals surface area contributed by atoms with Gasteiger partial charge in [0.25, 0.3) is 0 Å². The van der Waals surface area contributed by atoms with Gasteiger partial charge in [0, 0.05) is 18.9 Å². The molecule has 2 heteroatoms. The molecule has 2 nitrogen and oxygen atoms in total. The molecule has 0 spiro atoms. The lowest BCUT2D eigenvalue weighted by Crippen LogP contribution is -2.22. The molecule has 1 aromatic heterocycles. The maximum Gasteiger partial charge on any atom is 0.0579 e. The smallest absolute Gasteiger partial charge is 0.0579 e. The molecule has 3 rings (SSSR count). The van der Waals surface area contributed by atoms with Gasteiger partial charge in [-0.1, -0.05) is 60.2 Å². The number of nitrogens with one attached hydrogen (secondary N) is 1. The number of aromatic nitrogens is 1. The Morgan fingerprint density at radius 3 is 2.32 bits per heavy atom. The number of benzene rings is 2. The summed E-state index contributed by atoms with van der Waals surface area (Å²) in [5.41, 5.74) is 5.09. The first-order valence-electron chi connectivity index (χ1n) is 7.57. The van der Waals surface area contributed by atoms with Crippen molar-refractivity contribution in [2.24, 2.45) is 0 Å². The van der Waals surface area contributed by atoms with Crippen LogP contribution >= 0.6 is 0 Å². The van der Waals surface area contributed by atoms with Crippen molar-refractivity contribution in [1.82, 2.24) is 10.3 Å². The molecule has 1 N–H and O–H groups in total. The van der Waals surface area contributed by atoms with Gasteiger partial charge in [0.2, 0.25) is 0 Å². The van der Waals surface area contributed by atoms with E-state index in [1.807, 2.05) is 24.5 Å². The molecule has 0 saturated carbocycles. The molecular weight excluding hydrogens is 268 g/mol. The van der Waals surface area contributed by atoms with Crippen LogP contribution in [0.5, 0.6) is 0 Å². The maximum absolute atomic E-state index is 4.07. The van der Waals surface area contributed by atoms with Gasteiger partial charge in [-0.2, -0.15) is 0 Å². The summed E-state index contributed by atoms with van der Waals surface area (Å²) in [6.07, 6.45) is 3.67. The fraction of sp³-hybridized carbons (Fsp3) is 0.150. The highest BCUT2D eigenvalue weighted by atomic mass is 14.9. The molecule has 0 aliphatic heterocycles. The summed E-state index contributed by atoms with van der Waals surface area (Å²) in [7, 11) is 0. The van der Waals surface area contributed by atoms with Crippen molar-refractivity contribution >= 4 is 0 Å². The topological polar surface area (TPSA) is 24.9 Å². The van der Waals surface area contributed by atoms with E-state index >= 15 is 0 Å². The second-order valence-corrected chi connectivity index (χ2v) is 5.49. The van der Waals surface area contributed by atoms with Crippen molar-refractivity contribution in [3.05, 3.63) is 101 Å². The lowest BCUT2D eigenvalue weighted by atomic mass is 9.97. The molecule has 22 heavy (non-hydrogen) atoms. The van der Waals surface area contributed by atoms with Gasteiger partial charge in [-0.25, -0.2) is 0 Å². The van der Waals surface area contributed by atoms with Crippen molar-refractivity contribution < 1.29 is 0 Å². The Labute approximate surface area is 131 Å². The van der Waals surface area contributed by atoms with Gasteiger partial charge < -0.3 is 5.32 Å². The monoisotopic (exact) mass is 288 g/mol. The zero-order valence-electron chi connectivity index (χ0n) is 12.7. The van der Waals surface area contributed by atoms with Crippen LogP contribution in [0, 0.1) is 6.92 Å². The molecule has 0 fully saturated rings. The average Bonchev–Trinajstić information content (AvgIpc) is 2.57. The summed E-state index contributed by atoms with van der Waals surface area (Å²) in [6.45, 7) is 2.95. The van der Waals surface area contributed by atoms with Crippen molar-refractivity contribution in [2.75, 3.05) is 0 Å². The van der Waals surface area contributed by atoms with Crippen LogP contribution < -0.4 is 5.32 Å². The van der Waals surface area contributed by atoms with Crippen molar-refractivity contribution in [3.8, 4) is 0 Å². The number of hydrogen-bond acceptors (Lipinski definition) is 2. The van der Waals surface area contributed by atoms with Crippen molar-refractivity contribution in [3.63, 3.8) is 0 Å². The molecule has 3 aromatic rings. The van der Waals surface area contributed by atoms with Gasteiger partial charge >= 0.3 is 0 Å². The maximum atomic E-state index is 4.07. The summed E-state index contributed by atoms with van der Waals surface area (Å²) in [4.78, 5) is 4.07. The summed E-state index contributed by atoms with van der Waals surface area (Å²) >= 11 is 0. The lowest BCUT2D eigenvalue weighted by molar-refractivity contribution is 0.604. The fourth-order valence-corrected chi connectivity index (χ4v) is 2.64. The number of hydrogen-bond donors (Lipinski definition) is 1. The van der Waals surface area contributed by atoms with E-state index in [-0.39, 0.29) is 6.04 Å². The summed E-state index contributed by atoms with van der Waals surface area (Å²) in [5, 5.41) is 3.67. The zero-order valence-corrected chi connectivity index (χ0v) is 12.7. The van der Waals surface area contributed by atoms with Crippen LogP contribution in [-0.2, 0) is 6.54 Å². The van der Waals surface area contributed by atoms with E-state index in [0.717, 1.165) is 6.54 Å². The fourth-order valence-electron chi connectivity index (χ4n) is 2.64. The van der Waals surface area contributed by atoms with Crippen LogP contribution in [-0.4, -0.2) is 4.98 Å². The first-order valence-corrected chi connectivity index (χ1v) is 7.57. The third-order valence-electron chi connectivity index (χ3n) is 3.77. The highest BCUT2D eigenvalue weighted by Crippen LogP contribution is 2.23. The highest BCUT2D eigenvalue weighted by molar-refractivity contribution is 5.34. The van der Waals surface area contributed by atoms with Crippen LogP contribution in [0.25, 0.3) is 0 Å². The Balaban J connectivity index is 1.86. The third-order valence-corrected chi connectivity index (χ3v) is 3.77. The predicted octanol–water partition coefficient (Wildman–Crippen LogP) is 4.27. The van der Waals surface area contributed by atoms with Gasteiger partial charge in [0.05, 0.1) is 6.04 Å². The van der Waals surface area contributed by atoms with Gasteiger partial charge in [-0.15, -0.1) is 0 Å². The minimum Gasteiger partial charge on any atom is -0.302 e. The molecule has 0 aliphatic rings. The SMILES string of the molecule is Cc1cccc(C(NCc2ccncc2)c2ccccc2)c1. The molecule has 0 amide bonds. The number of rotatable bonds is 5. The molecular formula is C20H20N2. The molecule has 0 bridgehead atoms. The highest BCUT2D eigenvalue weighted by Gasteiger charge is 2.13. The van der Waals surface area contributed by atoms with Crippen LogP contribution in [0.3, 0.4) is 0 Å². The molecule has 1 unspecified atom stereocenters. The van der Waals surface area contributed by atoms with E-state index in [1.54, 1.807) is 0 Å².